The van der Waals surface area contributed by atoms with Crippen LogP contribution in [0.15, 0.2) is 30.3 Å². The summed E-state index contributed by atoms with van der Waals surface area (Å²) in [6.07, 6.45) is 5.59. The number of hydrogen-bond acceptors (Lipinski definition) is 3. The number of carbonyl (C=O) groups is 1. The Morgan fingerprint density at radius 3 is 2.31 bits per heavy atom. The predicted molar refractivity (Wildman–Crippen MR) is 115 cm³/mol. The van der Waals surface area contributed by atoms with Gasteiger partial charge in [-0.15, -0.1) is 0 Å². The Morgan fingerprint density at radius 1 is 1.10 bits per heavy atom. The molecule has 0 unspecified atom stereocenters. The molecule has 2 fully saturated rings. The highest BCUT2D eigenvalue weighted by Crippen LogP contribution is 2.42. The maximum Gasteiger partial charge on any atom is 0.274 e. The zero-order valence-corrected chi connectivity index (χ0v) is 18.1. The SMILES string of the molecule is COc1ccc(CC2CCN(C(=O)c3cc(C4CC4)n(C(C)(C)C)n3)CC2)cc1. The van der Waals surface area contributed by atoms with Crippen molar-refractivity contribution in [2.24, 2.45) is 5.92 Å². The number of rotatable bonds is 5. The van der Waals surface area contributed by atoms with E-state index in [1.807, 2.05) is 17.0 Å². The molecule has 1 saturated carbocycles. The molecule has 1 aromatic carbocycles. The van der Waals surface area contributed by atoms with Crippen LogP contribution in [-0.4, -0.2) is 40.8 Å². The molecule has 29 heavy (non-hydrogen) atoms. The number of piperidine rings is 1. The van der Waals surface area contributed by atoms with Crippen LogP contribution < -0.4 is 4.74 Å². The fourth-order valence-electron chi connectivity index (χ4n) is 4.30. The highest BCUT2D eigenvalue weighted by atomic mass is 16.5. The zero-order valence-electron chi connectivity index (χ0n) is 18.1. The standard InChI is InChI=1S/C24H33N3O2/c1-24(2,3)27-22(19-7-8-19)16-21(25-27)23(28)26-13-11-18(12-14-26)15-17-5-9-20(29-4)10-6-17/h5-6,9-10,16,18-19H,7-8,11-15H2,1-4H3. The van der Waals surface area contributed by atoms with Gasteiger partial charge < -0.3 is 9.64 Å². The quantitative estimate of drug-likeness (QED) is 0.742. The fraction of sp³-hybridized carbons (Fsp3) is 0.583. The number of benzene rings is 1. The predicted octanol–water partition coefficient (Wildman–Crippen LogP) is 4.62. The first-order valence-corrected chi connectivity index (χ1v) is 10.9. The van der Waals surface area contributed by atoms with E-state index in [-0.39, 0.29) is 11.4 Å². The lowest BCUT2D eigenvalue weighted by atomic mass is 9.90. The molecular formula is C24H33N3O2. The molecule has 0 N–H and O–H groups in total. The number of ether oxygens (including phenoxy) is 1. The van der Waals surface area contributed by atoms with Crippen molar-refractivity contribution in [1.29, 1.82) is 0 Å². The van der Waals surface area contributed by atoms with Crippen molar-refractivity contribution in [3.63, 3.8) is 0 Å². The van der Waals surface area contributed by atoms with E-state index in [2.05, 4.69) is 43.7 Å². The van der Waals surface area contributed by atoms with E-state index in [1.54, 1.807) is 7.11 Å². The highest BCUT2D eigenvalue weighted by molar-refractivity contribution is 5.92. The van der Waals surface area contributed by atoms with Gasteiger partial charge in [0.05, 0.1) is 12.6 Å². The maximum atomic E-state index is 13.1. The van der Waals surface area contributed by atoms with Crippen molar-refractivity contribution in [2.45, 2.75) is 64.3 Å². The molecular weight excluding hydrogens is 362 g/mol. The summed E-state index contributed by atoms with van der Waals surface area (Å²) in [5.41, 5.74) is 3.10. The summed E-state index contributed by atoms with van der Waals surface area (Å²) in [6, 6.07) is 10.4. The van der Waals surface area contributed by atoms with E-state index in [1.165, 1.54) is 24.1 Å². The largest absolute Gasteiger partial charge is 0.497 e. The molecule has 2 aliphatic rings. The Balaban J connectivity index is 1.37. The first-order chi connectivity index (χ1) is 13.8. The molecule has 0 spiro atoms. The third kappa shape index (κ3) is 4.49. The number of hydrogen-bond donors (Lipinski definition) is 0. The Kier molecular flexibility index (Phi) is 5.41. The second-order valence-electron chi connectivity index (χ2n) is 9.60. The van der Waals surface area contributed by atoms with Crippen molar-refractivity contribution in [2.75, 3.05) is 20.2 Å². The first kappa shape index (κ1) is 20.0. The molecule has 5 heteroatoms. The molecule has 1 aliphatic heterocycles. The van der Waals surface area contributed by atoms with Gasteiger partial charge in [0, 0.05) is 24.7 Å². The second kappa shape index (κ2) is 7.85. The van der Waals surface area contributed by atoms with Crippen LogP contribution in [-0.2, 0) is 12.0 Å². The van der Waals surface area contributed by atoms with Crippen LogP contribution in [0.25, 0.3) is 0 Å². The maximum absolute atomic E-state index is 13.1. The van der Waals surface area contributed by atoms with Gasteiger partial charge in [0.15, 0.2) is 5.69 Å². The second-order valence-corrected chi connectivity index (χ2v) is 9.60. The number of amides is 1. The van der Waals surface area contributed by atoms with Gasteiger partial charge in [0.25, 0.3) is 5.91 Å². The van der Waals surface area contributed by atoms with Crippen LogP contribution >= 0.6 is 0 Å². The van der Waals surface area contributed by atoms with Gasteiger partial charge in [-0.2, -0.15) is 5.10 Å². The Hall–Kier alpha value is -2.30. The number of methoxy groups -OCH3 is 1. The molecule has 4 rings (SSSR count). The van der Waals surface area contributed by atoms with Crippen LogP contribution in [0.2, 0.25) is 0 Å². The fourth-order valence-corrected chi connectivity index (χ4v) is 4.30. The summed E-state index contributed by atoms with van der Waals surface area (Å²) in [6.45, 7) is 8.11. The molecule has 5 nitrogen and oxygen atoms in total. The topological polar surface area (TPSA) is 47.4 Å². The van der Waals surface area contributed by atoms with Gasteiger partial charge in [-0.3, -0.25) is 9.48 Å². The summed E-state index contributed by atoms with van der Waals surface area (Å²) in [5.74, 6) is 2.20. The average Bonchev–Trinajstić information content (AvgIpc) is 3.45. The van der Waals surface area contributed by atoms with Crippen LogP contribution in [0, 0.1) is 5.92 Å². The molecule has 156 valence electrons. The Bertz CT molecular complexity index is 851. The van der Waals surface area contributed by atoms with Gasteiger partial charge in [0.2, 0.25) is 0 Å². The van der Waals surface area contributed by atoms with Gasteiger partial charge >= 0.3 is 0 Å². The molecule has 1 aromatic heterocycles. The van der Waals surface area contributed by atoms with Crippen molar-refractivity contribution >= 4 is 5.91 Å². The average molecular weight is 396 g/mol. The molecule has 0 atom stereocenters. The third-order valence-corrected chi connectivity index (χ3v) is 6.17. The van der Waals surface area contributed by atoms with Gasteiger partial charge in [-0.25, -0.2) is 0 Å². The lowest BCUT2D eigenvalue weighted by Gasteiger charge is -2.31. The lowest BCUT2D eigenvalue weighted by molar-refractivity contribution is 0.0683. The first-order valence-electron chi connectivity index (χ1n) is 10.9. The number of likely N-dealkylation sites (tertiary alicyclic amines) is 1. The third-order valence-electron chi connectivity index (χ3n) is 6.17. The molecule has 1 aliphatic carbocycles. The van der Waals surface area contributed by atoms with Crippen molar-refractivity contribution in [3.05, 3.63) is 47.3 Å². The molecule has 2 heterocycles. The van der Waals surface area contributed by atoms with Gasteiger partial charge in [0.1, 0.15) is 5.75 Å². The van der Waals surface area contributed by atoms with Crippen LogP contribution in [0.5, 0.6) is 5.75 Å². The van der Waals surface area contributed by atoms with Crippen LogP contribution in [0.1, 0.15) is 74.1 Å². The minimum atomic E-state index is -0.0954. The van der Waals surface area contributed by atoms with Gasteiger partial charge in [-0.05, 0) is 82.6 Å². The molecule has 0 bridgehead atoms. The van der Waals surface area contributed by atoms with Crippen LogP contribution in [0.3, 0.4) is 0 Å². The van der Waals surface area contributed by atoms with Gasteiger partial charge in [-0.1, -0.05) is 12.1 Å². The normalized spacial score (nSPS) is 18.1. The van der Waals surface area contributed by atoms with E-state index in [4.69, 9.17) is 9.84 Å². The lowest BCUT2D eigenvalue weighted by Crippen LogP contribution is -2.39. The van der Waals surface area contributed by atoms with E-state index in [0.29, 0.717) is 17.5 Å². The summed E-state index contributed by atoms with van der Waals surface area (Å²) in [4.78, 5) is 15.1. The Morgan fingerprint density at radius 2 is 1.76 bits per heavy atom. The minimum Gasteiger partial charge on any atom is -0.497 e. The summed E-state index contributed by atoms with van der Waals surface area (Å²) >= 11 is 0. The van der Waals surface area contributed by atoms with Crippen molar-refractivity contribution < 1.29 is 9.53 Å². The van der Waals surface area contributed by atoms with E-state index in [0.717, 1.165) is 38.1 Å². The minimum absolute atomic E-state index is 0.0952. The number of nitrogens with zero attached hydrogens (tertiary/aromatic N) is 3. The molecule has 0 radical (unpaired) electrons. The van der Waals surface area contributed by atoms with E-state index >= 15 is 0 Å². The van der Waals surface area contributed by atoms with Crippen molar-refractivity contribution in [1.82, 2.24) is 14.7 Å². The molecule has 1 amide bonds. The zero-order chi connectivity index (χ0) is 20.6. The molecule has 1 saturated heterocycles. The van der Waals surface area contributed by atoms with Crippen molar-refractivity contribution in [3.8, 4) is 5.75 Å². The highest BCUT2D eigenvalue weighted by Gasteiger charge is 2.34. The smallest absolute Gasteiger partial charge is 0.274 e. The van der Waals surface area contributed by atoms with Crippen LogP contribution in [0.4, 0.5) is 0 Å². The van der Waals surface area contributed by atoms with E-state index in [9.17, 15) is 4.79 Å². The molecule has 2 aromatic rings. The van der Waals surface area contributed by atoms with E-state index < -0.39 is 0 Å². The Labute approximate surface area is 174 Å². The summed E-state index contributed by atoms with van der Waals surface area (Å²) < 4.78 is 7.32. The number of carbonyl (C=O) groups excluding carboxylic acids is 1. The summed E-state index contributed by atoms with van der Waals surface area (Å²) in [5, 5.41) is 4.73. The monoisotopic (exact) mass is 395 g/mol. The summed E-state index contributed by atoms with van der Waals surface area (Å²) in [7, 11) is 1.69. The number of aromatic nitrogens is 2.